The van der Waals surface area contributed by atoms with Gasteiger partial charge in [-0.1, -0.05) is 25.3 Å². The van der Waals surface area contributed by atoms with Crippen molar-refractivity contribution in [2.75, 3.05) is 19.6 Å². The number of aromatic nitrogens is 3. The van der Waals surface area contributed by atoms with Gasteiger partial charge in [0.2, 0.25) is 0 Å². The maximum Gasteiger partial charge on any atom is 0.160 e. The number of likely N-dealkylation sites (tertiary alicyclic amines) is 1. The fourth-order valence-corrected chi connectivity index (χ4v) is 4.27. The van der Waals surface area contributed by atoms with Crippen LogP contribution in [0.25, 0.3) is 5.65 Å². The van der Waals surface area contributed by atoms with E-state index < -0.39 is 5.60 Å². The molecule has 1 saturated carbocycles. The van der Waals surface area contributed by atoms with E-state index in [1.54, 1.807) is 0 Å². The number of hydrogen-bond donors (Lipinski definition) is 1. The quantitative estimate of drug-likeness (QED) is 0.946. The van der Waals surface area contributed by atoms with Crippen LogP contribution in [0.1, 0.15) is 56.7 Å². The van der Waals surface area contributed by atoms with E-state index in [9.17, 15) is 5.11 Å². The summed E-state index contributed by atoms with van der Waals surface area (Å²) >= 11 is 0. The first-order chi connectivity index (χ1) is 11.2. The van der Waals surface area contributed by atoms with Crippen molar-refractivity contribution >= 4 is 5.65 Å². The number of fused-ring (bicyclic) bond motifs is 1. The summed E-state index contributed by atoms with van der Waals surface area (Å²) in [7, 11) is 0. The fraction of sp³-hybridized carbons (Fsp3) is 0.667. The molecule has 2 aromatic heterocycles. The highest BCUT2D eigenvalue weighted by Crippen LogP contribution is 2.32. The van der Waals surface area contributed by atoms with Crippen molar-refractivity contribution in [3.05, 3.63) is 30.2 Å². The molecule has 0 atom stereocenters. The topological polar surface area (TPSA) is 53.7 Å². The second kappa shape index (κ2) is 6.21. The lowest BCUT2D eigenvalue weighted by molar-refractivity contribution is -0.0309. The highest BCUT2D eigenvalue weighted by molar-refractivity contribution is 5.37. The number of pyridine rings is 1. The summed E-state index contributed by atoms with van der Waals surface area (Å²) in [6, 6.07) is 6.04. The lowest BCUT2D eigenvalue weighted by Crippen LogP contribution is -2.47. The summed E-state index contributed by atoms with van der Waals surface area (Å²) in [4.78, 5) is 2.45. The molecule has 0 spiro atoms. The molecule has 0 amide bonds. The smallest absolute Gasteiger partial charge is 0.160 e. The van der Waals surface area contributed by atoms with Crippen LogP contribution in [-0.2, 0) is 0 Å². The van der Waals surface area contributed by atoms with Crippen molar-refractivity contribution in [1.29, 1.82) is 0 Å². The molecule has 23 heavy (non-hydrogen) atoms. The maximum atomic E-state index is 10.7. The zero-order chi connectivity index (χ0) is 15.7. The Kier molecular flexibility index (Phi) is 4.07. The largest absolute Gasteiger partial charge is 0.389 e. The van der Waals surface area contributed by atoms with Gasteiger partial charge in [-0.3, -0.25) is 4.40 Å². The molecule has 2 fully saturated rings. The van der Waals surface area contributed by atoms with E-state index in [1.807, 2.05) is 18.2 Å². The van der Waals surface area contributed by atoms with Gasteiger partial charge in [-0.05, 0) is 50.9 Å². The van der Waals surface area contributed by atoms with Crippen LogP contribution in [0, 0.1) is 0 Å². The second-order valence-electron chi connectivity index (χ2n) is 7.32. The first-order valence-corrected chi connectivity index (χ1v) is 8.98. The molecule has 1 N–H and O–H groups in total. The van der Waals surface area contributed by atoms with Crippen molar-refractivity contribution in [3.63, 3.8) is 0 Å². The summed E-state index contributed by atoms with van der Waals surface area (Å²) in [5.41, 5.74) is 0.494. The average molecular weight is 314 g/mol. The average Bonchev–Trinajstić information content (AvgIpc) is 3.00. The Morgan fingerprint density at radius 2 is 1.87 bits per heavy atom. The van der Waals surface area contributed by atoms with Gasteiger partial charge in [-0.2, -0.15) is 0 Å². The van der Waals surface area contributed by atoms with Crippen LogP contribution in [0.15, 0.2) is 24.4 Å². The summed E-state index contributed by atoms with van der Waals surface area (Å²) in [6.07, 6.45) is 9.85. The minimum Gasteiger partial charge on any atom is -0.389 e. The molecule has 1 aliphatic carbocycles. The predicted octanol–water partition coefficient (Wildman–Crippen LogP) is 2.60. The summed E-state index contributed by atoms with van der Waals surface area (Å²) in [5, 5.41) is 19.4. The van der Waals surface area contributed by atoms with Crippen molar-refractivity contribution in [2.24, 2.45) is 0 Å². The predicted molar refractivity (Wildman–Crippen MR) is 89.4 cm³/mol. The van der Waals surface area contributed by atoms with Gasteiger partial charge in [0, 0.05) is 18.7 Å². The molecule has 5 nitrogen and oxygen atoms in total. The number of piperidine rings is 1. The van der Waals surface area contributed by atoms with Gasteiger partial charge in [-0.15, -0.1) is 10.2 Å². The standard InChI is InChI=1S/C18H26N4O/c23-18(9-3-1-4-10-18)14-21-12-7-15(8-13-21)17-20-19-16-6-2-5-11-22(16)17/h2,5-6,11,15,23H,1,3-4,7-10,12-14H2. The number of rotatable bonds is 3. The van der Waals surface area contributed by atoms with Crippen LogP contribution < -0.4 is 0 Å². The summed E-state index contributed by atoms with van der Waals surface area (Å²) in [6.45, 7) is 2.95. The monoisotopic (exact) mass is 314 g/mol. The lowest BCUT2D eigenvalue weighted by atomic mass is 9.84. The molecule has 0 aromatic carbocycles. The number of β-amino-alcohol motifs (C(OH)–C–C–N with tert-alkyl or cyclic N) is 1. The molecule has 2 aromatic rings. The van der Waals surface area contributed by atoms with Crippen molar-refractivity contribution in [3.8, 4) is 0 Å². The first-order valence-electron chi connectivity index (χ1n) is 8.98. The van der Waals surface area contributed by atoms with Crippen LogP contribution in [0.3, 0.4) is 0 Å². The number of hydrogen-bond acceptors (Lipinski definition) is 4. The van der Waals surface area contributed by atoms with E-state index in [2.05, 4.69) is 25.7 Å². The van der Waals surface area contributed by atoms with Crippen LogP contribution in [0.5, 0.6) is 0 Å². The second-order valence-corrected chi connectivity index (χ2v) is 7.32. The van der Waals surface area contributed by atoms with E-state index >= 15 is 0 Å². The van der Waals surface area contributed by atoms with E-state index in [0.717, 1.165) is 56.8 Å². The Bertz CT molecular complexity index is 654. The van der Waals surface area contributed by atoms with Gasteiger partial charge in [0.05, 0.1) is 5.60 Å². The van der Waals surface area contributed by atoms with E-state index in [4.69, 9.17) is 0 Å². The molecule has 1 aliphatic heterocycles. The van der Waals surface area contributed by atoms with Gasteiger partial charge in [0.15, 0.2) is 5.65 Å². The summed E-state index contributed by atoms with van der Waals surface area (Å²) < 4.78 is 2.12. The molecule has 2 aliphatic rings. The zero-order valence-corrected chi connectivity index (χ0v) is 13.7. The molecule has 0 unspecified atom stereocenters. The van der Waals surface area contributed by atoms with Crippen molar-refractivity contribution in [1.82, 2.24) is 19.5 Å². The lowest BCUT2D eigenvalue weighted by Gasteiger charge is -2.39. The third-order valence-corrected chi connectivity index (χ3v) is 5.60. The van der Waals surface area contributed by atoms with E-state index in [-0.39, 0.29) is 0 Å². The van der Waals surface area contributed by atoms with Gasteiger partial charge in [0.25, 0.3) is 0 Å². The van der Waals surface area contributed by atoms with Gasteiger partial charge >= 0.3 is 0 Å². The Morgan fingerprint density at radius 3 is 2.65 bits per heavy atom. The molecule has 3 heterocycles. The summed E-state index contributed by atoms with van der Waals surface area (Å²) in [5.74, 6) is 1.57. The van der Waals surface area contributed by atoms with Crippen molar-refractivity contribution < 1.29 is 5.11 Å². The molecular weight excluding hydrogens is 288 g/mol. The number of aliphatic hydroxyl groups is 1. The highest BCUT2D eigenvalue weighted by atomic mass is 16.3. The first kappa shape index (κ1) is 15.1. The Hall–Kier alpha value is -1.46. The minimum atomic E-state index is -0.438. The van der Waals surface area contributed by atoms with E-state index in [1.165, 1.54) is 19.3 Å². The third-order valence-electron chi connectivity index (χ3n) is 5.60. The molecule has 124 valence electrons. The van der Waals surface area contributed by atoms with Crippen LogP contribution in [0.2, 0.25) is 0 Å². The van der Waals surface area contributed by atoms with E-state index in [0.29, 0.717) is 5.92 Å². The fourth-order valence-electron chi connectivity index (χ4n) is 4.27. The van der Waals surface area contributed by atoms with Crippen molar-refractivity contribution in [2.45, 2.75) is 56.5 Å². The Balaban J connectivity index is 1.39. The van der Waals surface area contributed by atoms with Crippen LogP contribution >= 0.6 is 0 Å². The van der Waals surface area contributed by atoms with Crippen LogP contribution in [-0.4, -0.2) is 49.8 Å². The Morgan fingerprint density at radius 1 is 1.09 bits per heavy atom. The third kappa shape index (κ3) is 3.12. The molecule has 5 heteroatoms. The molecule has 0 radical (unpaired) electrons. The minimum absolute atomic E-state index is 0.438. The molecule has 4 rings (SSSR count). The SMILES string of the molecule is OC1(CN2CCC(c3nnc4ccccn34)CC2)CCCCC1. The highest BCUT2D eigenvalue weighted by Gasteiger charge is 2.33. The van der Waals surface area contributed by atoms with Crippen LogP contribution in [0.4, 0.5) is 0 Å². The molecule has 0 bridgehead atoms. The molecule has 1 saturated heterocycles. The van der Waals surface area contributed by atoms with Gasteiger partial charge in [0.1, 0.15) is 5.82 Å². The van der Waals surface area contributed by atoms with Gasteiger partial charge in [-0.25, -0.2) is 0 Å². The van der Waals surface area contributed by atoms with Gasteiger partial charge < -0.3 is 10.0 Å². The maximum absolute atomic E-state index is 10.7. The zero-order valence-electron chi connectivity index (χ0n) is 13.7. The number of nitrogens with zero attached hydrogens (tertiary/aromatic N) is 4. The Labute approximate surface area is 137 Å². The normalized spacial score (nSPS) is 23.3. The molecular formula is C18H26N4O.